The van der Waals surface area contributed by atoms with Gasteiger partial charge in [0, 0.05) is 22.9 Å². The smallest absolute Gasteiger partial charge is 0.185 e. The van der Waals surface area contributed by atoms with E-state index >= 15 is 0 Å². The van der Waals surface area contributed by atoms with Crippen LogP contribution in [0.2, 0.25) is 0 Å². The zero-order valence-electron chi connectivity index (χ0n) is 15.6. The fourth-order valence-electron chi connectivity index (χ4n) is 3.02. The number of para-hydroxylation sites is 1. The summed E-state index contributed by atoms with van der Waals surface area (Å²) in [5, 5.41) is 4.79. The molecule has 0 unspecified atom stereocenters. The predicted molar refractivity (Wildman–Crippen MR) is 114 cm³/mol. The molecule has 0 radical (unpaired) electrons. The van der Waals surface area contributed by atoms with Crippen LogP contribution in [0, 0.1) is 6.92 Å². The van der Waals surface area contributed by atoms with E-state index in [2.05, 4.69) is 31.2 Å². The fourth-order valence-corrected chi connectivity index (χ4v) is 3.02. The third-order valence-electron chi connectivity index (χ3n) is 4.56. The number of carbonyl (C=O) groups is 1. The SMILES string of the molecule is Cc1ccc(-c2nn(-c3ccccc3)cc2/C=C/C(=O)c2ccccc2)cc1. The molecule has 3 heteroatoms. The Morgan fingerprint density at radius 3 is 2.18 bits per heavy atom. The van der Waals surface area contributed by atoms with Crippen molar-refractivity contribution < 1.29 is 4.79 Å². The lowest BCUT2D eigenvalue weighted by Crippen LogP contribution is -1.93. The van der Waals surface area contributed by atoms with E-state index in [1.54, 1.807) is 6.08 Å². The van der Waals surface area contributed by atoms with Gasteiger partial charge in [-0.1, -0.05) is 78.4 Å². The third kappa shape index (κ3) is 3.84. The summed E-state index contributed by atoms with van der Waals surface area (Å²) >= 11 is 0. The lowest BCUT2D eigenvalue weighted by molar-refractivity contribution is 0.104. The number of hydrogen-bond acceptors (Lipinski definition) is 2. The summed E-state index contributed by atoms with van der Waals surface area (Å²) in [6.45, 7) is 2.06. The van der Waals surface area contributed by atoms with Crippen molar-refractivity contribution in [1.82, 2.24) is 9.78 Å². The summed E-state index contributed by atoms with van der Waals surface area (Å²) < 4.78 is 1.85. The van der Waals surface area contributed by atoms with Crippen LogP contribution in [-0.4, -0.2) is 15.6 Å². The van der Waals surface area contributed by atoms with Gasteiger partial charge in [-0.25, -0.2) is 4.68 Å². The average molecular weight is 364 g/mol. The fraction of sp³-hybridized carbons (Fsp3) is 0.0400. The molecular weight excluding hydrogens is 344 g/mol. The minimum atomic E-state index is -0.0251. The maximum absolute atomic E-state index is 12.5. The Bertz CT molecular complexity index is 1110. The van der Waals surface area contributed by atoms with Gasteiger partial charge in [0.25, 0.3) is 0 Å². The summed E-state index contributed by atoms with van der Waals surface area (Å²) in [7, 11) is 0. The number of benzene rings is 3. The van der Waals surface area contributed by atoms with Crippen LogP contribution >= 0.6 is 0 Å². The molecule has 0 spiro atoms. The van der Waals surface area contributed by atoms with E-state index in [1.807, 2.05) is 77.6 Å². The zero-order chi connectivity index (χ0) is 19.3. The molecule has 0 fully saturated rings. The standard InChI is InChI=1S/C25H20N2O/c1-19-12-14-21(15-13-19)25-22(16-17-24(28)20-8-4-2-5-9-20)18-27(26-25)23-10-6-3-7-11-23/h2-18H,1H3/b17-16+. The number of hydrogen-bond donors (Lipinski definition) is 0. The van der Waals surface area contributed by atoms with Gasteiger partial charge in [0.1, 0.15) is 0 Å². The Labute approximate surface area is 164 Å². The third-order valence-corrected chi connectivity index (χ3v) is 4.56. The summed E-state index contributed by atoms with van der Waals surface area (Å²) in [6.07, 6.45) is 5.41. The van der Waals surface area contributed by atoms with Gasteiger partial charge < -0.3 is 0 Å². The summed E-state index contributed by atoms with van der Waals surface area (Å²) in [6, 6.07) is 27.5. The van der Waals surface area contributed by atoms with Gasteiger partial charge >= 0.3 is 0 Å². The Hall–Kier alpha value is -3.72. The van der Waals surface area contributed by atoms with Gasteiger partial charge in [0.2, 0.25) is 0 Å². The Morgan fingerprint density at radius 2 is 1.50 bits per heavy atom. The molecule has 0 aliphatic heterocycles. The molecule has 0 bridgehead atoms. The molecule has 4 aromatic rings. The molecule has 3 aromatic carbocycles. The van der Waals surface area contributed by atoms with Crippen molar-refractivity contribution in [3.05, 3.63) is 114 Å². The van der Waals surface area contributed by atoms with Gasteiger partial charge in [-0.3, -0.25) is 4.79 Å². The number of rotatable bonds is 5. The first-order valence-corrected chi connectivity index (χ1v) is 9.20. The van der Waals surface area contributed by atoms with Crippen molar-refractivity contribution in [3.63, 3.8) is 0 Å². The summed E-state index contributed by atoms with van der Waals surface area (Å²) in [5.74, 6) is -0.0251. The van der Waals surface area contributed by atoms with Crippen LogP contribution in [0.5, 0.6) is 0 Å². The second-order valence-corrected chi connectivity index (χ2v) is 6.64. The molecule has 136 valence electrons. The number of aryl methyl sites for hydroxylation is 1. The molecule has 28 heavy (non-hydrogen) atoms. The van der Waals surface area contributed by atoms with Gasteiger partial charge in [-0.15, -0.1) is 0 Å². The second-order valence-electron chi connectivity index (χ2n) is 6.64. The van der Waals surface area contributed by atoms with Crippen molar-refractivity contribution in [1.29, 1.82) is 0 Å². The molecule has 0 amide bonds. The number of nitrogens with zero attached hydrogens (tertiary/aromatic N) is 2. The van der Waals surface area contributed by atoms with Crippen molar-refractivity contribution in [2.45, 2.75) is 6.92 Å². The van der Waals surface area contributed by atoms with Crippen LogP contribution in [-0.2, 0) is 0 Å². The van der Waals surface area contributed by atoms with Gasteiger partial charge in [-0.05, 0) is 31.2 Å². The van der Waals surface area contributed by atoms with Crippen LogP contribution in [0.4, 0.5) is 0 Å². The first kappa shape index (κ1) is 17.7. The Balaban J connectivity index is 1.74. The van der Waals surface area contributed by atoms with Crippen molar-refractivity contribution in [2.75, 3.05) is 0 Å². The highest BCUT2D eigenvalue weighted by molar-refractivity contribution is 6.07. The highest BCUT2D eigenvalue weighted by Gasteiger charge is 2.11. The summed E-state index contributed by atoms with van der Waals surface area (Å²) in [4.78, 5) is 12.5. The Kier molecular flexibility index (Phi) is 4.98. The minimum absolute atomic E-state index is 0.0251. The molecule has 3 nitrogen and oxygen atoms in total. The molecule has 4 rings (SSSR count). The van der Waals surface area contributed by atoms with Crippen LogP contribution in [0.25, 0.3) is 23.0 Å². The van der Waals surface area contributed by atoms with Crippen molar-refractivity contribution >= 4 is 11.9 Å². The monoisotopic (exact) mass is 364 g/mol. The van der Waals surface area contributed by atoms with Crippen LogP contribution < -0.4 is 0 Å². The number of aromatic nitrogens is 2. The molecule has 0 N–H and O–H groups in total. The lowest BCUT2D eigenvalue weighted by atomic mass is 10.0. The predicted octanol–water partition coefficient (Wildman–Crippen LogP) is 5.74. The van der Waals surface area contributed by atoms with E-state index in [9.17, 15) is 4.79 Å². The van der Waals surface area contributed by atoms with Crippen LogP contribution in [0.1, 0.15) is 21.5 Å². The normalized spacial score (nSPS) is 11.0. The van der Waals surface area contributed by atoms with Gasteiger partial charge in [-0.2, -0.15) is 5.10 Å². The molecule has 0 saturated carbocycles. The molecule has 1 heterocycles. The lowest BCUT2D eigenvalue weighted by Gasteiger charge is -2.01. The first-order valence-electron chi connectivity index (χ1n) is 9.20. The van der Waals surface area contributed by atoms with E-state index in [0.29, 0.717) is 5.56 Å². The highest BCUT2D eigenvalue weighted by atomic mass is 16.1. The van der Waals surface area contributed by atoms with Crippen LogP contribution in [0.15, 0.2) is 97.2 Å². The Morgan fingerprint density at radius 1 is 0.857 bits per heavy atom. The molecule has 0 aliphatic rings. The van der Waals surface area contributed by atoms with Crippen LogP contribution in [0.3, 0.4) is 0 Å². The van der Waals surface area contributed by atoms with E-state index in [1.165, 1.54) is 5.56 Å². The maximum Gasteiger partial charge on any atom is 0.185 e. The average Bonchev–Trinajstić information content (AvgIpc) is 3.18. The van der Waals surface area contributed by atoms with E-state index < -0.39 is 0 Å². The molecule has 1 aromatic heterocycles. The quantitative estimate of drug-likeness (QED) is 0.334. The summed E-state index contributed by atoms with van der Waals surface area (Å²) in [5.41, 5.74) is 5.61. The molecule has 0 aliphatic carbocycles. The van der Waals surface area contributed by atoms with Crippen molar-refractivity contribution in [2.24, 2.45) is 0 Å². The topological polar surface area (TPSA) is 34.9 Å². The number of ketones is 1. The molecular formula is C25H20N2O. The van der Waals surface area contributed by atoms with E-state index in [-0.39, 0.29) is 5.78 Å². The molecule has 0 atom stereocenters. The van der Waals surface area contributed by atoms with Gasteiger partial charge in [0.05, 0.1) is 11.4 Å². The number of allylic oxidation sites excluding steroid dienone is 1. The number of carbonyl (C=O) groups excluding carboxylic acids is 1. The highest BCUT2D eigenvalue weighted by Crippen LogP contribution is 2.25. The first-order chi connectivity index (χ1) is 13.7. The van der Waals surface area contributed by atoms with E-state index in [4.69, 9.17) is 5.10 Å². The zero-order valence-corrected chi connectivity index (χ0v) is 15.6. The largest absolute Gasteiger partial charge is 0.289 e. The molecule has 0 saturated heterocycles. The second kappa shape index (κ2) is 7.89. The minimum Gasteiger partial charge on any atom is -0.289 e. The maximum atomic E-state index is 12.5. The van der Waals surface area contributed by atoms with Gasteiger partial charge in [0.15, 0.2) is 5.78 Å². The van der Waals surface area contributed by atoms with Crippen molar-refractivity contribution in [3.8, 4) is 16.9 Å². The van der Waals surface area contributed by atoms with E-state index in [0.717, 1.165) is 22.5 Å².